The van der Waals surface area contributed by atoms with Gasteiger partial charge in [-0.3, -0.25) is 0 Å². The Kier molecular flexibility index (Phi) is 4.45. The molecule has 0 radical (unpaired) electrons. The summed E-state index contributed by atoms with van der Waals surface area (Å²) in [5.41, 5.74) is 0.964. The molecule has 0 aromatic carbocycles. The van der Waals surface area contributed by atoms with Gasteiger partial charge in [0.2, 0.25) is 0 Å². The number of rotatable bonds is 4. The zero-order valence-electron chi connectivity index (χ0n) is 12.5. The van der Waals surface area contributed by atoms with Crippen molar-refractivity contribution in [2.45, 2.75) is 39.3 Å². The molecule has 1 fully saturated rings. The SMILES string of the molecule is Cc1ccc(N2CCC[C@H](NCc3cnc(C)s3)C2)nn1. The second-order valence-corrected chi connectivity index (χ2v) is 6.86. The molecule has 112 valence electrons. The van der Waals surface area contributed by atoms with Crippen molar-refractivity contribution in [1.29, 1.82) is 0 Å². The van der Waals surface area contributed by atoms with Crippen molar-refractivity contribution >= 4 is 17.2 Å². The third-order valence-corrected chi connectivity index (χ3v) is 4.68. The van der Waals surface area contributed by atoms with Crippen LogP contribution in [0.3, 0.4) is 0 Å². The van der Waals surface area contributed by atoms with Crippen LogP contribution < -0.4 is 10.2 Å². The Morgan fingerprint density at radius 3 is 2.95 bits per heavy atom. The van der Waals surface area contributed by atoms with Crippen LogP contribution in [-0.4, -0.2) is 34.3 Å². The van der Waals surface area contributed by atoms with Crippen molar-refractivity contribution in [2.75, 3.05) is 18.0 Å². The molecular weight excluding hydrogens is 282 g/mol. The van der Waals surface area contributed by atoms with E-state index in [0.717, 1.165) is 36.2 Å². The highest BCUT2D eigenvalue weighted by atomic mass is 32.1. The van der Waals surface area contributed by atoms with Crippen LogP contribution in [0.2, 0.25) is 0 Å². The molecule has 3 heterocycles. The van der Waals surface area contributed by atoms with E-state index in [0.29, 0.717) is 6.04 Å². The van der Waals surface area contributed by atoms with E-state index >= 15 is 0 Å². The lowest BCUT2D eigenvalue weighted by Crippen LogP contribution is -2.45. The monoisotopic (exact) mass is 303 g/mol. The molecule has 2 aromatic rings. The molecule has 1 aliphatic rings. The van der Waals surface area contributed by atoms with Gasteiger partial charge in [0.15, 0.2) is 5.82 Å². The predicted molar refractivity (Wildman–Crippen MR) is 85.7 cm³/mol. The standard InChI is InChI=1S/C15H21N5S/c1-11-5-6-15(19-18-11)20-7-3-4-13(10-20)17-9-14-8-16-12(2)21-14/h5-6,8,13,17H,3-4,7,9-10H2,1-2H3/t13-/m0/s1. The number of thiazole rings is 1. The molecular formula is C15H21N5S. The van der Waals surface area contributed by atoms with Gasteiger partial charge in [-0.05, 0) is 38.8 Å². The van der Waals surface area contributed by atoms with E-state index < -0.39 is 0 Å². The van der Waals surface area contributed by atoms with Gasteiger partial charge in [0, 0.05) is 36.8 Å². The minimum Gasteiger partial charge on any atom is -0.354 e. The Labute approximate surface area is 129 Å². The van der Waals surface area contributed by atoms with Gasteiger partial charge in [-0.25, -0.2) is 4.98 Å². The Balaban J connectivity index is 1.56. The summed E-state index contributed by atoms with van der Waals surface area (Å²) in [5.74, 6) is 0.987. The van der Waals surface area contributed by atoms with Gasteiger partial charge in [0.25, 0.3) is 0 Å². The van der Waals surface area contributed by atoms with Crippen LogP contribution in [0.1, 0.15) is 28.4 Å². The first-order chi connectivity index (χ1) is 10.2. The fourth-order valence-corrected chi connectivity index (χ4v) is 3.39. The molecule has 21 heavy (non-hydrogen) atoms. The number of anilines is 1. The van der Waals surface area contributed by atoms with Crippen molar-refractivity contribution in [1.82, 2.24) is 20.5 Å². The second-order valence-electron chi connectivity index (χ2n) is 5.54. The van der Waals surface area contributed by atoms with Crippen LogP contribution in [-0.2, 0) is 6.54 Å². The second kappa shape index (κ2) is 6.49. The minimum absolute atomic E-state index is 0.504. The number of hydrogen-bond donors (Lipinski definition) is 1. The number of aromatic nitrogens is 3. The highest BCUT2D eigenvalue weighted by Crippen LogP contribution is 2.18. The van der Waals surface area contributed by atoms with Crippen molar-refractivity contribution in [3.8, 4) is 0 Å². The Morgan fingerprint density at radius 2 is 2.24 bits per heavy atom. The zero-order valence-corrected chi connectivity index (χ0v) is 13.4. The lowest BCUT2D eigenvalue weighted by atomic mass is 10.1. The summed E-state index contributed by atoms with van der Waals surface area (Å²) in [4.78, 5) is 7.93. The van der Waals surface area contributed by atoms with Gasteiger partial charge in [-0.2, -0.15) is 5.10 Å². The van der Waals surface area contributed by atoms with E-state index in [1.807, 2.05) is 26.1 Å². The molecule has 3 rings (SSSR count). The number of piperidine rings is 1. The zero-order chi connectivity index (χ0) is 14.7. The van der Waals surface area contributed by atoms with E-state index in [2.05, 4.69) is 31.5 Å². The third-order valence-electron chi connectivity index (χ3n) is 3.76. The van der Waals surface area contributed by atoms with Crippen LogP contribution in [0.4, 0.5) is 5.82 Å². The summed E-state index contributed by atoms with van der Waals surface area (Å²) in [6.45, 7) is 6.98. The molecule has 2 aromatic heterocycles. The van der Waals surface area contributed by atoms with Crippen LogP contribution >= 0.6 is 11.3 Å². The normalized spacial score (nSPS) is 19.0. The smallest absolute Gasteiger partial charge is 0.151 e. The van der Waals surface area contributed by atoms with Gasteiger partial charge < -0.3 is 10.2 Å². The van der Waals surface area contributed by atoms with Crippen molar-refractivity contribution in [2.24, 2.45) is 0 Å². The van der Waals surface area contributed by atoms with E-state index in [9.17, 15) is 0 Å². The summed E-state index contributed by atoms with van der Waals surface area (Å²) < 4.78 is 0. The van der Waals surface area contributed by atoms with Gasteiger partial charge >= 0.3 is 0 Å². The first-order valence-corrected chi connectivity index (χ1v) is 8.22. The Morgan fingerprint density at radius 1 is 1.33 bits per heavy atom. The van der Waals surface area contributed by atoms with Gasteiger partial charge in [0.05, 0.1) is 10.7 Å². The van der Waals surface area contributed by atoms with Crippen LogP contribution in [0.25, 0.3) is 0 Å². The van der Waals surface area contributed by atoms with E-state index in [1.165, 1.54) is 17.7 Å². The summed E-state index contributed by atoms with van der Waals surface area (Å²) in [6.07, 6.45) is 4.38. The number of aryl methyl sites for hydroxylation is 2. The molecule has 0 saturated carbocycles. The molecule has 0 aliphatic carbocycles. The first-order valence-electron chi connectivity index (χ1n) is 7.40. The number of nitrogens with zero attached hydrogens (tertiary/aromatic N) is 4. The summed E-state index contributed by atoms with van der Waals surface area (Å²) in [6, 6.07) is 4.60. The first kappa shape index (κ1) is 14.4. The highest BCUT2D eigenvalue weighted by Gasteiger charge is 2.20. The third kappa shape index (κ3) is 3.77. The fraction of sp³-hybridized carbons (Fsp3) is 0.533. The Bertz CT molecular complexity index is 580. The number of nitrogens with one attached hydrogen (secondary N) is 1. The molecule has 1 atom stereocenters. The van der Waals surface area contributed by atoms with Crippen molar-refractivity contribution < 1.29 is 0 Å². The van der Waals surface area contributed by atoms with Gasteiger partial charge in [-0.1, -0.05) is 0 Å². The molecule has 1 aliphatic heterocycles. The summed E-state index contributed by atoms with van der Waals surface area (Å²) >= 11 is 1.77. The lowest BCUT2D eigenvalue weighted by Gasteiger charge is -2.33. The molecule has 0 amide bonds. The molecule has 0 bridgehead atoms. The topological polar surface area (TPSA) is 53.9 Å². The number of hydrogen-bond acceptors (Lipinski definition) is 6. The molecule has 5 nitrogen and oxygen atoms in total. The molecule has 0 unspecified atom stereocenters. The molecule has 1 N–H and O–H groups in total. The largest absolute Gasteiger partial charge is 0.354 e. The fourth-order valence-electron chi connectivity index (χ4n) is 2.64. The Hall–Kier alpha value is -1.53. The van der Waals surface area contributed by atoms with Crippen molar-refractivity contribution in [3.63, 3.8) is 0 Å². The van der Waals surface area contributed by atoms with Crippen LogP contribution in [0.5, 0.6) is 0 Å². The maximum absolute atomic E-state index is 4.30. The molecule has 0 spiro atoms. The summed E-state index contributed by atoms with van der Waals surface area (Å²) in [7, 11) is 0. The van der Waals surface area contributed by atoms with Crippen LogP contribution in [0, 0.1) is 13.8 Å². The maximum Gasteiger partial charge on any atom is 0.151 e. The maximum atomic E-state index is 4.30. The van der Waals surface area contributed by atoms with E-state index in [4.69, 9.17) is 0 Å². The van der Waals surface area contributed by atoms with Gasteiger partial charge in [-0.15, -0.1) is 16.4 Å². The average Bonchev–Trinajstić information content (AvgIpc) is 2.92. The average molecular weight is 303 g/mol. The minimum atomic E-state index is 0.504. The highest BCUT2D eigenvalue weighted by molar-refractivity contribution is 7.11. The molecule has 1 saturated heterocycles. The summed E-state index contributed by atoms with van der Waals surface area (Å²) in [5, 5.41) is 13.2. The quantitative estimate of drug-likeness (QED) is 0.939. The van der Waals surface area contributed by atoms with E-state index in [-0.39, 0.29) is 0 Å². The lowest BCUT2D eigenvalue weighted by molar-refractivity contribution is 0.420. The van der Waals surface area contributed by atoms with E-state index in [1.54, 1.807) is 11.3 Å². The van der Waals surface area contributed by atoms with Crippen molar-refractivity contribution in [3.05, 3.63) is 33.9 Å². The molecule has 6 heteroatoms. The predicted octanol–water partition coefficient (Wildman–Crippen LogP) is 2.31. The van der Waals surface area contributed by atoms with Crippen LogP contribution in [0.15, 0.2) is 18.3 Å². The van der Waals surface area contributed by atoms with Gasteiger partial charge in [0.1, 0.15) is 0 Å².